The predicted molar refractivity (Wildman–Crippen MR) is 12.7 cm³/mol. The van der Waals surface area contributed by atoms with Crippen molar-refractivity contribution in [2.75, 3.05) is 7.11 Å². The molecule has 0 aliphatic heterocycles. The summed E-state index contributed by atoms with van der Waals surface area (Å²) in [5.41, 5.74) is 0. The summed E-state index contributed by atoms with van der Waals surface area (Å²) in [5.74, 6) is 0. The molecule has 0 fully saturated rings. The molecule has 0 unspecified atom stereocenters. The third-order valence-corrected chi connectivity index (χ3v) is 0.0833. The third kappa shape index (κ3) is 14.4. The van der Waals surface area contributed by atoms with E-state index in [9.17, 15) is 0 Å². The van der Waals surface area contributed by atoms with Crippen LogP contribution in [0.5, 0.6) is 0 Å². The predicted octanol–water partition coefficient (Wildman–Crippen LogP) is -0.302. The Morgan fingerprint density at radius 1 is 1.80 bits per heavy atom. The fraction of sp³-hybridized carbons (Fsp3) is 0.500. The Hall–Kier alpha value is 0.158. The van der Waals surface area contributed by atoms with E-state index >= 15 is 0 Å². The van der Waals surface area contributed by atoms with Crippen molar-refractivity contribution in [3.8, 4) is 0 Å². The summed E-state index contributed by atoms with van der Waals surface area (Å²) >= 11 is 0. The molecule has 0 radical (unpaired) electrons. The Morgan fingerprint density at radius 2 is 2.00 bits per heavy atom. The second kappa shape index (κ2) is 8.90. The molecular weight excluding hydrogens is 240 g/mol. The summed E-state index contributed by atoms with van der Waals surface area (Å²) in [5, 5.41) is 0. The SMILES string of the molecule is CO[C-]=O.[W+2]. The fourth-order valence-electron chi connectivity index (χ4n) is 0. The van der Waals surface area contributed by atoms with Gasteiger partial charge in [-0.15, -0.1) is 0 Å². The Labute approximate surface area is 44.8 Å². The van der Waals surface area contributed by atoms with Crippen LogP contribution in [0.4, 0.5) is 0 Å². The van der Waals surface area contributed by atoms with Crippen LogP contribution in [0.2, 0.25) is 0 Å². The van der Waals surface area contributed by atoms with Gasteiger partial charge in [0.05, 0.1) is 0 Å². The standard InChI is InChI=1S/C2H3O2.W/c1-4-2-3;/h1H3;/q-1;+2. The summed E-state index contributed by atoms with van der Waals surface area (Å²) in [6.45, 7) is 1.18. The van der Waals surface area contributed by atoms with Crippen molar-refractivity contribution in [1.82, 2.24) is 0 Å². The molecule has 5 heavy (non-hydrogen) atoms. The topological polar surface area (TPSA) is 26.3 Å². The van der Waals surface area contributed by atoms with Gasteiger partial charge in [0.1, 0.15) is 0 Å². The summed E-state index contributed by atoms with van der Waals surface area (Å²) in [4.78, 5) is 8.83. The van der Waals surface area contributed by atoms with Crippen LogP contribution in [-0.4, -0.2) is 13.6 Å². The van der Waals surface area contributed by atoms with Crippen molar-refractivity contribution >= 4 is 6.47 Å². The van der Waals surface area contributed by atoms with Crippen LogP contribution >= 0.6 is 0 Å². The average molecular weight is 243 g/mol. The second-order valence-electron chi connectivity index (χ2n) is 0.287. The second-order valence-corrected chi connectivity index (χ2v) is 0.287. The van der Waals surface area contributed by atoms with E-state index in [1.165, 1.54) is 13.6 Å². The van der Waals surface area contributed by atoms with E-state index in [1.54, 1.807) is 0 Å². The smallest absolute Gasteiger partial charge is 0.655 e. The largest absolute Gasteiger partial charge is 2.00 e. The first-order chi connectivity index (χ1) is 1.91. The molecule has 0 spiro atoms. The Kier molecular flexibility index (Phi) is 15.9. The maximum Gasteiger partial charge on any atom is 2.00 e. The van der Waals surface area contributed by atoms with E-state index in [-0.39, 0.29) is 21.1 Å². The third-order valence-electron chi connectivity index (χ3n) is 0.0833. The molecule has 0 aromatic rings. The van der Waals surface area contributed by atoms with Crippen LogP contribution in [0.25, 0.3) is 0 Å². The molecule has 0 saturated carbocycles. The molecule has 0 aliphatic rings. The molecule has 0 aromatic carbocycles. The van der Waals surface area contributed by atoms with Gasteiger partial charge >= 0.3 is 21.1 Å². The van der Waals surface area contributed by atoms with Gasteiger partial charge in [-0.05, 0) is 0 Å². The van der Waals surface area contributed by atoms with Crippen LogP contribution in [0, 0.1) is 0 Å². The quantitative estimate of drug-likeness (QED) is 0.591. The van der Waals surface area contributed by atoms with Crippen LogP contribution in [0.1, 0.15) is 0 Å². The van der Waals surface area contributed by atoms with Crippen molar-refractivity contribution in [1.29, 1.82) is 0 Å². The average Bonchev–Trinajstić information content (AvgIpc) is 1.37. The van der Waals surface area contributed by atoms with Gasteiger partial charge < -0.3 is 9.53 Å². The number of hydrogen-bond donors (Lipinski definition) is 0. The van der Waals surface area contributed by atoms with Crippen molar-refractivity contribution in [2.45, 2.75) is 0 Å². The Balaban J connectivity index is 0. The number of methoxy groups -OCH3 is 1. The first-order valence-corrected chi connectivity index (χ1v) is 0.816. The molecule has 0 aliphatic carbocycles. The van der Waals surface area contributed by atoms with Gasteiger partial charge in [-0.1, -0.05) is 6.47 Å². The maximum atomic E-state index is 8.83. The molecule has 0 heterocycles. The van der Waals surface area contributed by atoms with Crippen molar-refractivity contribution in [3.63, 3.8) is 0 Å². The number of carbonyl (C=O) groups excluding carboxylic acids is 1. The van der Waals surface area contributed by atoms with E-state index in [0.717, 1.165) is 0 Å². The molecular formula is C2H3O2W+. The van der Waals surface area contributed by atoms with Crippen LogP contribution in [0.3, 0.4) is 0 Å². The van der Waals surface area contributed by atoms with Gasteiger partial charge in [0.2, 0.25) is 0 Å². The van der Waals surface area contributed by atoms with Crippen molar-refractivity contribution in [2.24, 2.45) is 0 Å². The summed E-state index contributed by atoms with van der Waals surface area (Å²) in [7, 11) is 1.26. The zero-order valence-corrected chi connectivity index (χ0v) is 5.66. The van der Waals surface area contributed by atoms with Gasteiger partial charge in [-0.3, -0.25) is 0 Å². The number of rotatable bonds is 1. The summed E-state index contributed by atoms with van der Waals surface area (Å²) in [6, 6.07) is 0. The van der Waals surface area contributed by atoms with E-state index in [1.807, 2.05) is 0 Å². The molecule has 2 nitrogen and oxygen atoms in total. The maximum absolute atomic E-state index is 8.83. The Morgan fingerprint density at radius 3 is 2.00 bits per heavy atom. The number of ether oxygens (including phenoxy) is 1. The molecule has 0 atom stereocenters. The zero-order valence-electron chi connectivity index (χ0n) is 2.72. The zero-order chi connectivity index (χ0) is 3.41. The van der Waals surface area contributed by atoms with Gasteiger partial charge in [-0.25, -0.2) is 0 Å². The first-order valence-electron chi connectivity index (χ1n) is 0.816. The monoisotopic (exact) mass is 243 g/mol. The van der Waals surface area contributed by atoms with Gasteiger partial charge in [-0.2, -0.15) is 0 Å². The Bertz CT molecular complexity index is 21.6. The van der Waals surface area contributed by atoms with E-state index in [2.05, 4.69) is 4.74 Å². The van der Waals surface area contributed by atoms with Gasteiger partial charge in [0, 0.05) is 7.11 Å². The minimum absolute atomic E-state index is 0. The normalized spacial score (nSPS) is 4.20. The first kappa shape index (κ1) is 8.94. The van der Waals surface area contributed by atoms with Gasteiger partial charge in [0.25, 0.3) is 0 Å². The van der Waals surface area contributed by atoms with Crippen molar-refractivity contribution in [3.05, 3.63) is 0 Å². The van der Waals surface area contributed by atoms with Gasteiger partial charge in [0.15, 0.2) is 0 Å². The van der Waals surface area contributed by atoms with E-state index in [4.69, 9.17) is 4.79 Å². The van der Waals surface area contributed by atoms with E-state index in [0.29, 0.717) is 0 Å². The molecule has 3 heteroatoms. The molecule has 0 amide bonds. The molecule has 0 bridgehead atoms. The number of hydrogen-bond acceptors (Lipinski definition) is 2. The minimum Gasteiger partial charge on any atom is -0.655 e. The molecule has 0 saturated heterocycles. The fourth-order valence-corrected chi connectivity index (χ4v) is 0. The molecule has 0 aromatic heterocycles. The summed E-state index contributed by atoms with van der Waals surface area (Å²) in [6.07, 6.45) is 0. The molecule has 0 N–H and O–H groups in total. The molecule has 0 rings (SSSR count). The van der Waals surface area contributed by atoms with E-state index < -0.39 is 0 Å². The van der Waals surface area contributed by atoms with Crippen LogP contribution in [0.15, 0.2) is 0 Å². The summed E-state index contributed by atoms with van der Waals surface area (Å²) < 4.78 is 3.74. The van der Waals surface area contributed by atoms with Crippen LogP contribution in [-0.2, 0) is 30.6 Å². The van der Waals surface area contributed by atoms with Crippen molar-refractivity contribution < 1.29 is 30.6 Å². The minimum atomic E-state index is 0. The molecule has 28 valence electrons. The van der Waals surface area contributed by atoms with Crippen LogP contribution < -0.4 is 0 Å².